The normalized spacial score (nSPS) is 11.5. The van der Waals surface area contributed by atoms with Crippen LogP contribution in [-0.4, -0.2) is 5.91 Å². The maximum absolute atomic E-state index is 11.2. The lowest BCUT2D eigenvalue weighted by Gasteiger charge is -2.21. The molecule has 0 aliphatic rings. The van der Waals surface area contributed by atoms with E-state index < -0.39 is 0 Å². The number of amides is 1. The third kappa shape index (κ3) is 2.38. The highest BCUT2D eigenvalue weighted by Gasteiger charge is 2.17. The summed E-state index contributed by atoms with van der Waals surface area (Å²) in [5, 5.41) is 0. The molecule has 0 aromatic heterocycles. The largest absolute Gasteiger partial charge is 0.366 e. The van der Waals surface area contributed by atoms with Crippen molar-refractivity contribution in [2.24, 2.45) is 5.73 Å². The second-order valence-electron chi connectivity index (χ2n) is 5.10. The molecule has 82 valence electrons. The van der Waals surface area contributed by atoms with E-state index in [-0.39, 0.29) is 11.3 Å². The van der Waals surface area contributed by atoms with E-state index in [4.69, 9.17) is 5.73 Å². The smallest absolute Gasteiger partial charge is 0.249 e. The molecule has 0 fully saturated rings. The van der Waals surface area contributed by atoms with E-state index in [0.29, 0.717) is 5.56 Å². The Kier molecular flexibility index (Phi) is 2.89. The number of carbonyl (C=O) groups excluding carboxylic acids is 1. The van der Waals surface area contributed by atoms with Crippen molar-refractivity contribution in [3.05, 3.63) is 34.4 Å². The summed E-state index contributed by atoms with van der Waals surface area (Å²) in [4.78, 5) is 11.2. The molecule has 0 saturated carbocycles. The lowest BCUT2D eigenvalue weighted by Crippen LogP contribution is -2.17. The molecule has 0 saturated heterocycles. The third-order valence-electron chi connectivity index (χ3n) is 2.65. The molecular weight excluding hydrogens is 186 g/mol. The Morgan fingerprint density at radius 1 is 1.13 bits per heavy atom. The summed E-state index contributed by atoms with van der Waals surface area (Å²) in [7, 11) is 0. The number of hydrogen-bond acceptors (Lipinski definition) is 1. The molecule has 2 nitrogen and oxygen atoms in total. The van der Waals surface area contributed by atoms with Gasteiger partial charge in [-0.05, 0) is 36.0 Å². The van der Waals surface area contributed by atoms with Crippen molar-refractivity contribution in [3.63, 3.8) is 0 Å². The highest BCUT2D eigenvalue weighted by molar-refractivity contribution is 5.95. The van der Waals surface area contributed by atoms with E-state index in [1.165, 1.54) is 5.56 Å². The van der Waals surface area contributed by atoms with E-state index in [9.17, 15) is 4.79 Å². The molecule has 1 rings (SSSR count). The Bertz CT molecular complexity index is 376. The summed E-state index contributed by atoms with van der Waals surface area (Å²) in [5.74, 6) is -0.342. The Hall–Kier alpha value is -1.31. The lowest BCUT2D eigenvalue weighted by atomic mass is 9.84. The van der Waals surface area contributed by atoms with Crippen LogP contribution in [0.1, 0.15) is 47.8 Å². The molecule has 0 atom stereocenters. The monoisotopic (exact) mass is 205 g/mol. The lowest BCUT2D eigenvalue weighted by molar-refractivity contribution is 0.0999. The van der Waals surface area contributed by atoms with Gasteiger partial charge in [-0.15, -0.1) is 0 Å². The number of rotatable bonds is 1. The van der Waals surface area contributed by atoms with Gasteiger partial charge in [-0.2, -0.15) is 0 Å². The van der Waals surface area contributed by atoms with Crippen LogP contribution in [-0.2, 0) is 5.41 Å². The van der Waals surface area contributed by atoms with Crippen molar-refractivity contribution in [1.29, 1.82) is 0 Å². The van der Waals surface area contributed by atoms with Gasteiger partial charge in [0.15, 0.2) is 0 Å². The van der Waals surface area contributed by atoms with Crippen LogP contribution in [0.2, 0.25) is 0 Å². The molecule has 2 heteroatoms. The summed E-state index contributed by atoms with van der Waals surface area (Å²) in [6.45, 7) is 10.3. The highest BCUT2D eigenvalue weighted by Crippen LogP contribution is 2.26. The standard InChI is InChI=1S/C13H19NO/c1-8-6-10(13(3,4)5)7-9(2)11(8)12(14)15/h6-7H,1-5H3,(H2,14,15). The van der Waals surface area contributed by atoms with Crippen LogP contribution < -0.4 is 5.73 Å². The van der Waals surface area contributed by atoms with Gasteiger partial charge in [-0.1, -0.05) is 32.9 Å². The van der Waals surface area contributed by atoms with Gasteiger partial charge in [0, 0.05) is 5.56 Å². The van der Waals surface area contributed by atoms with Gasteiger partial charge in [-0.3, -0.25) is 4.79 Å². The molecule has 0 unspecified atom stereocenters. The molecule has 0 heterocycles. The minimum absolute atomic E-state index is 0.103. The van der Waals surface area contributed by atoms with Gasteiger partial charge in [0.2, 0.25) is 5.91 Å². The molecular formula is C13H19NO. The molecule has 0 bridgehead atoms. The second-order valence-corrected chi connectivity index (χ2v) is 5.10. The van der Waals surface area contributed by atoms with E-state index in [2.05, 4.69) is 20.8 Å². The number of carbonyl (C=O) groups is 1. The van der Waals surface area contributed by atoms with Crippen LogP contribution in [0.25, 0.3) is 0 Å². The van der Waals surface area contributed by atoms with Gasteiger partial charge < -0.3 is 5.73 Å². The molecule has 0 radical (unpaired) electrons. The Labute approximate surface area is 91.5 Å². The van der Waals surface area contributed by atoms with Crippen molar-refractivity contribution < 1.29 is 4.79 Å². The molecule has 0 spiro atoms. The minimum atomic E-state index is -0.342. The summed E-state index contributed by atoms with van der Waals surface area (Å²) in [5.41, 5.74) is 9.26. The third-order valence-corrected chi connectivity index (χ3v) is 2.65. The zero-order valence-electron chi connectivity index (χ0n) is 10.1. The topological polar surface area (TPSA) is 43.1 Å². The predicted molar refractivity (Wildman–Crippen MR) is 63.1 cm³/mol. The van der Waals surface area contributed by atoms with E-state index >= 15 is 0 Å². The highest BCUT2D eigenvalue weighted by atomic mass is 16.1. The molecule has 2 N–H and O–H groups in total. The van der Waals surface area contributed by atoms with Crippen LogP contribution in [0.5, 0.6) is 0 Å². The first kappa shape index (κ1) is 11.8. The van der Waals surface area contributed by atoms with Gasteiger partial charge in [0.25, 0.3) is 0 Å². The van der Waals surface area contributed by atoms with E-state index in [1.54, 1.807) is 0 Å². The number of benzene rings is 1. The summed E-state index contributed by atoms with van der Waals surface area (Å²) >= 11 is 0. The quantitative estimate of drug-likeness (QED) is 0.752. The first-order valence-corrected chi connectivity index (χ1v) is 5.15. The molecule has 1 aromatic rings. The average molecular weight is 205 g/mol. The Morgan fingerprint density at radius 2 is 1.53 bits per heavy atom. The number of aryl methyl sites for hydroxylation is 2. The minimum Gasteiger partial charge on any atom is -0.366 e. The summed E-state index contributed by atoms with van der Waals surface area (Å²) in [6.07, 6.45) is 0. The first-order chi connectivity index (χ1) is 6.73. The van der Waals surface area contributed by atoms with Crippen LogP contribution in [0.4, 0.5) is 0 Å². The molecule has 15 heavy (non-hydrogen) atoms. The summed E-state index contributed by atoms with van der Waals surface area (Å²) < 4.78 is 0. The number of primary amides is 1. The fourth-order valence-electron chi connectivity index (χ4n) is 1.79. The van der Waals surface area contributed by atoms with E-state index in [0.717, 1.165) is 11.1 Å². The van der Waals surface area contributed by atoms with E-state index in [1.807, 2.05) is 26.0 Å². The zero-order valence-corrected chi connectivity index (χ0v) is 10.1. The van der Waals surface area contributed by atoms with Gasteiger partial charge in [0.05, 0.1) is 0 Å². The maximum atomic E-state index is 11.2. The predicted octanol–water partition coefficient (Wildman–Crippen LogP) is 2.70. The maximum Gasteiger partial charge on any atom is 0.249 e. The van der Waals surface area contributed by atoms with Crippen LogP contribution in [0.3, 0.4) is 0 Å². The fourth-order valence-corrected chi connectivity index (χ4v) is 1.79. The summed E-state index contributed by atoms with van der Waals surface area (Å²) in [6, 6.07) is 4.10. The second kappa shape index (κ2) is 3.69. The number of nitrogens with two attached hydrogens (primary N) is 1. The van der Waals surface area contributed by atoms with Crippen LogP contribution in [0.15, 0.2) is 12.1 Å². The van der Waals surface area contributed by atoms with Crippen LogP contribution in [0, 0.1) is 13.8 Å². The van der Waals surface area contributed by atoms with Crippen LogP contribution >= 0.6 is 0 Å². The molecule has 0 aliphatic carbocycles. The van der Waals surface area contributed by atoms with Crippen molar-refractivity contribution in [1.82, 2.24) is 0 Å². The van der Waals surface area contributed by atoms with Gasteiger partial charge in [0.1, 0.15) is 0 Å². The van der Waals surface area contributed by atoms with Crippen molar-refractivity contribution in [2.75, 3.05) is 0 Å². The Balaban J connectivity index is 3.39. The average Bonchev–Trinajstić information content (AvgIpc) is 1.99. The Morgan fingerprint density at radius 3 is 1.80 bits per heavy atom. The zero-order chi connectivity index (χ0) is 11.8. The fraction of sp³-hybridized carbons (Fsp3) is 0.462. The van der Waals surface area contributed by atoms with Crippen molar-refractivity contribution in [2.45, 2.75) is 40.0 Å². The first-order valence-electron chi connectivity index (χ1n) is 5.15. The SMILES string of the molecule is Cc1cc(C(C)(C)C)cc(C)c1C(N)=O. The van der Waals surface area contributed by atoms with Gasteiger partial charge >= 0.3 is 0 Å². The molecule has 1 aromatic carbocycles. The van der Waals surface area contributed by atoms with Gasteiger partial charge in [-0.25, -0.2) is 0 Å². The molecule has 1 amide bonds. The molecule has 0 aliphatic heterocycles. The van der Waals surface area contributed by atoms with Crippen molar-refractivity contribution >= 4 is 5.91 Å². The number of hydrogen-bond donors (Lipinski definition) is 1. The van der Waals surface area contributed by atoms with Crippen molar-refractivity contribution in [3.8, 4) is 0 Å².